The summed E-state index contributed by atoms with van der Waals surface area (Å²) in [7, 11) is 0. The monoisotopic (exact) mass is 292 g/mol. The molecular formula is C15H20N2O4. The summed E-state index contributed by atoms with van der Waals surface area (Å²) in [5, 5.41) is 12.5. The molecule has 1 heterocycles. The van der Waals surface area contributed by atoms with Crippen molar-refractivity contribution in [3.05, 3.63) is 24.3 Å². The second-order valence-corrected chi connectivity index (χ2v) is 4.89. The van der Waals surface area contributed by atoms with Gasteiger partial charge in [-0.3, -0.25) is 9.59 Å². The van der Waals surface area contributed by atoms with Crippen molar-refractivity contribution in [1.82, 2.24) is 0 Å². The number of nitrogens with one attached hydrogen (secondary N) is 1. The molecule has 1 fully saturated rings. The molecule has 1 aliphatic rings. The van der Waals surface area contributed by atoms with Crippen molar-refractivity contribution >= 4 is 23.3 Å². The third-order valence-corrected chi connectivity index (χ3v) is 3.31. The number of anilines is 2. The Balaban J connectivity index is 1.90. The van der Waals surface area contributed by atoms with Gasteiger partial charge in [-0.2, -0.15) is 0 Å². The Morgan fingerprint density at radius 1 is 1.38 bits per heavy atom. The van der Waals surface area contributed by atoms with Gasteiger partial charge in [-0.1, -0.05) is 0 Å². The van der Waals surface area contributed by atoms with Crippen molar-refractivity contribution in [1.29, 1.82) is 0 Å². The minimum Gasteiger partial charge on any atom is -0.466 e. The van der Waals surface area contributed by atoms with E-state index in [-0.39, 0.29) is 13.0 Å². The van der Waals surface area contributed by atoms with Gasteiger partial charge < -0.3 is 20.1 Å². The Labute approximate surface area is 123 Å². The van der Waals surface area contributed by atoms with Crippen LogP contribution in [0.2, 0.25) is 0 Å². The van der Waals surface area contributed by atoms with Crippen LogP contribution in [0.1, 0.15) is 26.2 Å². The van der Waals surface area contributed by atoms with E-state index in [9.17, 15) is 14.7 Å². The van der Waals surface area contributed by atoms with Crippen molar-refractivity contribution in [3.8, 4) is 0 Å². The first-order valence-corrected chi connectivity index (χ1v) is 7.10. The predicted molar refractivity (Wildman–Crippen MR) is 78.9 cm³/mol. The van der Waals surface area contributed by atoms with Gasteiger partial charge in [-0.05, 0) is 44.0 Å². The molecule has 0 saturated carbocycles. The Hall–Kier alpha value is -2.08. The van der Waals surface area contributed by atoms with E-state index in [0.717, 1.165) is 25.1 Å². The van der Waals surface area contributed by atoms with Gasteiger partial charge >= 0.3 is 5.97 Å². The number of esters is 1. The van der Waals surface area contributed by atoms with Crippen molar-refractivity contribution in [3.63, 3.8) is 0 Å². The quantitative estimate of drug-likeness (QED) is 0.635. The number of benzene rings is 1. The molecule has 0 aromatic heterocycles. The van der Waals surface area contributed by atoms with Crippen LogP contribution in [0.25, 0.3) is 0 Å². The summed E-state index contributed by atoms with van der Waals surface area (Å²) in [6, 6.07) is 7.19. The average molecular weight is 292 g/mol. The van der Waals surface area contributed by atoms with Crippen molar-refractivity contribution in [2.45, 2.75) is 32.4 Å². The summed E-state index contributed by atoms with van der Waals surface area (Å²) in [4.78, 5) is 24.7. The van der Waals surface area contributed by atoms with Crippen molar-refractivity contribution in [2.24, 2.45) is 0 Å². The average Bonchev–Trinajstić information content (AvgIpc) is 2.86. The molecule has 0 radical (unpaired) electrons. The fourth-order valence-electron chi connectivity index (χ4n) is 2.33. The number of nitrogens with zero attached hydrogens (tertiary/aromatic N) is 1. The van der Waals surface area contributed by atoms with Crippen LogP contribution in [0.3, 0.4) is 0 Å². The van der Waals surface area contributed by atoms with Crippen LogP contribution >= 0.6 is 0 Å². The lowest BCUT2D eigenvalue weighted by Gasteiger charge is -2.22. The molecule has 1 unspecified atom stereocenters. The molecule has 1 aliphatic heterocycles. The summed E-state index contributed by atoms with van der Waals surface area (Å²) in [6.45, 7) is 2.79. The zero-order valence-corrected chi connectivity index (χ0v) is 12.0. The van der Waals surface area contributed by atoms with Crippen LogP contribution in [-0.2, 0) is 14.3 Å². The van der Waals surface area contributed by atoms with Gasteiger partial charge in [0.2, 0.25) is 5.91 Å². The molecule has 0 spiro atoms. The molecule has 1 aromatic carbocycles. The highest BCUT2D eigenvalue weighted by atomic mass is 16.5. The minimum atomic E-state index is -0.535. The second kappa shape index (κ2) is 7.08. The lowest BCUT2D eigenvalue weighted by atomic mass is 10.2. The van der Waals surface area contributed by atoms with Crippen LogP contribution in [0.4, 0.5) is 11.4 Å². The van der Waals surface area contributed by atoms with Crippen molar-refractivity contribution < 1.29 is 19.4 Å². The second-order valence-electron chi connectivity index (χ2n) is 4.89. The van der Waals surface area contributed by atoms with Gasteiger partial charge in [-0.15, -0.1) is 0 Å². The molecule has 0 bridgehead atoms. The maximum atomic E-state index is 11.6. The van der Waals surface area contributed by atoms with E-state index < -0.39 is 18.1 Å². The SMILES string of the molecule is CCOC(=O)CC(=O)Nc1ccc(N2CCCC2O)cc1. The molecule has 6 nitrogen and oxygen atoms in total. The Morgan fingerprint density at radius 2 is 2.10 bits per heavy atom. The number of aliphatic hydroxyl groups is 1. The van der Waals surface area contributed by atoms with E-state index in [4.69, 9.17) is 4.74 Å². The topological polar surface area (TPSA) is 78.9 Å². The zero-order chi connectivity index (χ0) is 15.2. The van der Waals surface area contributed by atoms with Gasteiger partial charge in [0, 0.05) is 17.9 Å². The summed E-state index contributed by atoms with van der Waals surface area (Å²) in [5.74, 6) is -0.936. The number of rotatable bonds is 5. The van der Waals surface area contributed by atoms with E-state index in [0.29, 0.717) is 5.69 Å². The van der Waals surface area contributed by atoms with E-state index in [1.54, 1.807) is 19.1 Å². The summed E-state index contributed by atoms with van der Waals surface area (Å²) in [6.07, 6.45) is 1.02. The number of amides is 1. The van der Waals surface area contributed by atoms with Gasteiger partial charge in [0.05, 0.1) is 6.61 Å². The van der Waals surface area contributed by atoms with Gasteiger partial charge in [0.15, 0.2) is 0 Å². The molecule has 2 rings (SSSR count). The standard InChI is InChI=1S/C15H20N2O4/c1-2-21-15(20)10-13(18)16-11-5-7-12(8-6-11)17-9-3-4-14(17)19/h5-8,14,19H,2-4,9-10H2,1H3,(H,16,18). The molecule has 1 atom stereocenters. The largest absolute Gasteiger partial charge is 0.466 e. The Kier molecular flexibility index (Phi) is 5.16. The van der Waals surface area contributed by atoms with E-state index in [1.807, 2.05) is 17.0 Å². The summed E-state index contributed by atoms with van der Waals surface area (Å²) >= 11 is 0. The zero-order valence-electron chi connectivity index (χ0n) is 12.0. The number of aliphatic hydroxyl groups excluding tert-OH is 1. The van der Waals surface area contributed by atoms with Crippen molar-refractivity contribution in [2.75, 3.05) is 23.4 Å². The molecule has 1 amide bonds. The molecule has 0 aliphatic carbocycles. The fourth-order valence-corrected chi connectivity index (χ4v) is 2.33. The van der Waals surface area contributed by atoms with Gasteiger partial charge in [0.1, 0.15) is 12.6 Å². The third-order valence-electron chi connectivity index (χ3n) is 3.31. The van der Waals surface area contributed by atoms with Crippen LogP contribution in [0.15, 0.2) is 24.3 Å². The lowest BCUT2D eigenvalue weighted by molar-refractivity contribution is -0.145. The highest BCUT2D eigenvalue weighted by Crippen LogP contribution is 2.25. The third kappa shape index (κ3) is 4.19. The van der Waals surface area contributed by atoms with Crippen LogP contribution < -0.4 is 10.2 Å². The van der Waals surface area contributed by atoms with Gasteiger partial charge in [0.25, 0.3) is 0 Å². The number of hydrogen-bond donors (Lipinski definition) is 2. The summed E-state index contributed by atoms with van der Waals surface area (Å²) < 4.78 is 4.71. The molecule has 1 aromatic rings. The Bertz CT molecular complexity index is 501. The number of carbonyl (C=O) groups excluding carboxylic acids is 2. The summed E-state index contributed by atoms with van der Waals surface area (Å²) in [5.41, 5.74) is 1.53. The molecule has 114 valence electrons. The number of ether oxygens (including phenoxy) is 1. The minimum absolute atomic E-state index is 0.263. The first-order valence-electron chi connectivity index (χ1n) is 7.10. The molecule has 21 heavy (non-hydrogen) atoms. The fraction of sp³-hybridized carbons (Fsp3) is 0.467. The first-order chi connectivity index (χ1) is 10.1. The van der Waals surface area contributed by atoms with Crippen LogP contribution in [0, 0.1) is 0 Å². The highest BCUT2D eigenvalue weighted by molar-refractivity contribution is 6.01. The smallest absolute Gasteiger partial charge is 0.315 e. The molecular weight excluding hydrogens is 272 g/mol. The van der Waals surface area contributed by atoms with Crippen LogP contribution in [0.5, 0.6) is 0 Å². The predicted octanol–water partition coefficient (Wildman–Crippen LogP) is 1.50. The first kappa shape index (κ1) is 15.3. The Morgan fingerprint density at radius 3 is 2.67 bits per heavy atom. The van der Waals surface area contributed by atoms with E-state index in [2.05, 4.69) is 5.32 Å². The van der Waals surface area contributed by atoms with Crippen LogP contribution in [-0.4, -0.2) is 36.4 Å². The maximum absolute atomic E-state index is 11.6. The number of carbonyl (C=O) groups is 2. The molecule has 6 heteroatoms. The van der Waals surface area contributed by atoms with E-state index in [1.165, 1.54) is 0 Å². The normalized spacial score (nSPS) is 17.6. The maximum Gasteiger partial charge on any atom is 0.315 e. The number of hydrogen-bond acceptors (Lipinski definition) is 5. The molecule has 2 N–H and O–H groups in total. The van der Waals surface area contributed by atoms with Gasteiger partial charge in [-0.25, -0.2) is 0 Å². The lowest BCUT2D eigenvalue weighted by Crippen LogP contribution is -2.28. The van der Waals surface area contributed by atoms with E-state index >= 15 is 0 Å². The highest BCUT2D eigenvalue weighted by Gasteiger charge is 2.22. The molecule has 1 saturated heterocycles.